The molecule has 1 aliphatic rings. The van der Waals surface area contributed by atoms with Crippen LogP contribution in [0.15, 0.2) is 95.7 Å². The fraction of sp³-hybridized carbons (Fsp3) is 0.0769. The third kappa shape index (κ3) is 4.28. The van der Waals surface area contributed by atoms with Crippen molar-refractivity contribution < 1.29 is 9.18 Å². The first-order valence-electron chi connectivity index (χ1n) is 9.77. The van der Waals surface area contributed by atoms with Crippen molar-refractivity contribution in [1.82, 2.24) is 5.32 Å². The number of carbonyl (C=O) groups excluding carboxylic acids is 1. The summed E-state index contributed by atoms with van der Waals surface area (Å²) in [5.41, 5.74) is 3.62. The number of nitrogens with one attached hydrogen (secondary N) is 1. The lowest BCUT2D eigenvalue weighted by atomic mass is 9.95. The van der Waals surface area contributed by atoms with E-state index in [0.717, 1.165) is 27.6 Å². The Balaban J connectivity index is 1.75. The second-order valence-electron chi connectivity index (χ2n) is 7.09. The molecule has 0 aromatic heterocycles. The van der Waals surface area contributed by atoms with E-state index in [9.17, 15) is 9.18 Å². The Labute approximate surface area is 175 Å². The van der Waals surface area contributed by atoms with Gasteiger partial charge in [0.05, 0.1) is 5.69 Å². The molecule has 0 radical (unpaired) electrons. The molecule has 3 aromatic rings. The summed E-state index contributed by atoms with van der Waals surface area (Å²) < 4.78 is 13.5. The SMILES string of the molecule is Cc1c(C(=O)NC2=CC=CC=CC2)cc2ccccc2c1C=Nc1cccc(F)c1. The van der Waals surface area contributed by atoms with Crippen molar-refractivity contribution in [2.75, 3.05) is 0 Å². The molecule has 1 aliphatic carbocycles. The normalized spacial score (nSPS) is 13.5. The van der Waals surface area contributed by atoms with E-state index >= 15 is 0 Å². The van der Waals surface area contributed by atoms with Crippen LogP contribution in [-0.2, 0) is 0 Å². The van der Waals surface area contributed by atoms with Crippen molar-refractivity contribution in [2.45, 2.75) is 13.3 Å². The van der Waals surface area contributed by atoms with E-state index in [1.54, 1.807) is 18.3 Å². The Morgan fingerprint density at radius 1 is 1.07 bits per heavy atom. The van der Waals surface area contributed by atoms with Crippen LogP contribution in [0.3, 0.4) is 0 Å². The number of hydrogen-bond donors (Lipinski definition) is 1. The number of fused-ring (bicyclic) bond motifs is 1. The van der Waals surface area contributed by atoms with Gasteiger partial charge in [-0.1, -0.05) is 54.6 Å². The van der Waals surface area contributed by atoms with Gasteiger partial charge in [0.15, 0.2) is 0 Å². The largest absolute Gasteiger partial charge is 0.325 e. The van der Waals surface area contributed by atoms with E-state index in [-0.39, 0.29) is 11.7 Å². The van der Waals surface area contributed by atoms with Gasteiger partial charge >= 0.3 is 0 Å². The highest BCUT2D eigenvalue weighted by atomic mass is 19.1. The van der Waals surface area contributed by atoms with E-state index in [0.29, 0.717) is 17.7 Å². The molecule has 0 fully saturated rings. The molecule has 0 unspecified atom stereocenters. The van der Waals surface area contributed by atoms with Crippen LogP contribution in [0.2, 0.25) is 0 Å². The van der Waals surface area contributed by atoms with Gasteiger partial charge in [0.25, 0.3) is 5.91 Å². The summed E-state index contributed by atoms with van der Waals surface area (Å²) in [6, 6.07) is 15.9. The molecule has 0 saturated heterocycles. The summed E-state index contributed by atoms with van der Waals surface area (Å²) in [5.74, 6) is -0.493. The van der Waals surface area contributed by atoms with E-state index in [1.165, 1.54) is 12.1 Å². The molecule has 0 aliphatic heterocycles. The third-order valence-corrected chi connectivity index (χ3v) is 5.02. The average Bonchev–Trinajstić information content (AvgIpc) is 3.01. The maximum absolute atomic E-state index is 13.5. The number of amides is 1. The fourth-order valence-electron chi connectivity index (χ4n) is 3.46. The van der Waals surface area contributed by atoms with Crippen LogP contribution in [-0.4, -0.2) is 12.1 Å². The molecule has 4 heteroatoms. The van der Waals surface area contributed by atoms with Crippen molar-refractivity contribution in [2.24, 2.45) is 4.99 Å². The van der Waals surface area contributed by atoms with Crippen molar-refractivity contribution in [1.29, 1.82) is 0 Å². The average molecular weight is 396 g/mol. The number of halogens is 1. The smallest absolute Gasteiger partial charge is 0.255 e. The molecule has 0 bridgehead atoms. The first-order valence-corrected chi connectivity index (χ1v) is 9.77. The minimum atomic E-state index is -0.334. The molecular formula is C26H21FN2O. The Kier molecular flexibility index (Phi) is 5.66. The lowest BCUT2D eigenvalue weighted by Crippen LogP contribution is -2.23. The molecule has 1 N–H and O–H groups in total. The van der Waals surface area contributed by atoms with Crippen LogP contribution in [0, 0.1) is 12.7 Å². The maximum atomic E-state index is 13.5. The van der Waals surface area contributed by atoms with Crippen LogP contribution >= 0.6 is 0 Å². The third-order valence-electron chi connectivity index (χ3n) is 5.02. The van der Waals surface area contributed by atoms with Gasteiger partial charge in [-0.3, -0.25) is 9.79 Å². The zero-order valence-electron chi connectivity index (χ0n) is 16.6. The number of allylic oxidation sites excluding steroid dienone is 5. The van der Waals surface area contributed by atoms with Gasteiger partial charge in [-0.2, -0.15) is 0 Å². The second-order valence-corrected chi connectivity index (χ2v) is 7.09. The van der Waals surface area contributed by atoms with Gasteiger partial charge in [-0.05, 0) is 53.6 Å². The Hall–Kier alpha value is -3.79. The summed E-state index contributed by atoms with van der Waals surface area (Å²) in [7, 11) is 0. The highest BCUT2D eigenvalue weighted by Gasteiger charge is 2.15. The summed E-state index contributed by atoms with van der Waals surface area (Å²) >= 11 is 0. The van der Waals surface area contributed by atoms with Crippen molar-refractivity contribution in [3.63, 3.8) is 0 Å². The van der Waals surface area contributed by atoms with Gasteiger partial charge in [0, 0.05) is 29.5 Å². The summed E-state index contributed by atoms with van der Waals surface area (Å²) in [4.78, 5) is 17.5. The number of nitrogens with zero attached hydrogens (tertiary/aromatic N) is 1. The van der Waals surface area contributed by atoms with E-state index < -0.39 is 0 Å². The molecule has 0 atom stereocenters. The van der Waals surface area contributed by atoms with Gasteiger partial charge in [-0.25, -0.2) is 4.39 Å². The van der Waals surface area contributed by atoms with Crippen LogP contribution in [0.25, 0.3) is 10.8 Å². The van der Waals surface area contributed by atoms with E-state index in [1.807, 2.05) is 67.6 Å². The molecule has 3 nitrogen and oxygen atoms in total. The van der Waals surface area contributed by atoms with Crippen LogP contribution < -0.4 is 5.32 Å². The molecule has 0 saturated carbocycles. The lowest BCUT2D eigenvalue weighted by Gasteiger charge is -2.14. The predicted octanol–water partition coefficient (Wildman–Crippen LogP) is 6.17. The van der Waals surface area contributed by atoms with Crippen LogP contribution in [0.1, 0.15) is 27.9 Å². The second kappa shape index (κ2) is 8.70. The molecule has 30 heavy (non-hydrogen) atoms. The molecule has 4 rings (SSSR count). The van der Waals surface area contributed by atoms with Gasteiger partial charge in [-0.15, -0.1) is 0 Å². The molecule has 3 aromatic carbocycles. The highest BCUT2D eigenvalue weighted by molar-refractivity contribution is 6.08. The number of aliphatic imine (C=N–C) groups is 1. The van der Waals surface area contributed by atoms with Crippen molar-refractivity contribution in [3.8, 4) is 0 Å². The topological polar surface area (TPSA) is 41.5 Å². The van der Waals surface area contributed by atoms with Crippen molar-refractivity contribution in [3.05, 3.63) is 113 Å². The number of carbonyl (C=O) groups is 1. The molecule has 0 heterocycles. The molecular weight excluding hydrogens is 375 g/mol. The number of benzene rings is 3. The Morgan fingerprint density at radius 2 is 1.93 bits per heavy atom. The monoisotopic (exact) mass is 396 g/mol. The van der Waals surface area contributed by atoms with Gasteiger partial charge in [0.2, 0.25) is 0 Å². The van der Waals surface area contributed by atoms with Crippen LogP contribution in [0.4, 0.5) is 10.1 Å². The molecule has 148 valence electrons. The lowest BCUT2D eigenvalue weighted by molar-refractivity contribution is 0.0964. The number of rotatable bonds is 4. The quantitative estimate of drug-likeness (QED) is 0.527. The summed E-state index contributed by atoms with van der Waals surface area (Å²) in [6.07, 6.45) is 12.1. The molecule has 0 spiro atoms. The summed E-state index contributed by atoms with van der Waals surface area (Å²) in [5, 5.41) is 4.95. The zero-order chi connectivity index (χ0) is 20.9. The van der Waals surface area contributed by atoms with Crippen LogP contribution in [0.5, 0.6) is 0 Å². The summed E-state index contributed by atoms with van der Waals surface area (Å²) in [6.45, 7) is 1.91. The zero-order valence-corrected chi connectivity index (χ0v) is 16.6. The van der Waals surface area contributed by atoms with Gasteiger partial charge in [0.1, 0.15) is 5.82 Å². The Bertz CT molecular complexity index is 1240. The number of hydrogen-bond acceptors (Lipinski definition) is 2. The molecule has 1 amide bonds. The van der Waals surface area contributed by atoms with Gasteiger partial charge < -0.3 is 5.32 Å². The first-order chi connectivity index (χ1) is 14.6. The highest BCUT2D eigenvalue weighted by Crippen LogP contribution is 2.26. The minimum absolute atomic E-state index is 0.159. The predicted molar refractivity (Wildman–Crippen MR) is 121 cm³/mol. The maximum Gasteiger partial charge on any atom is 0.255 e. The van der Waals surface area contributed by atoms with Crippen molar-refractivity contribution >= 4 is 28.6 Å². The minimum Gasteiger partial charge on any atom is -0.325 e. The fourth-order valence-corrected chi connectivity index (χ4v) is 3.46. The van der Waals surface area contributed by atoms with E-state index in [4.69, 9.17) is 0 Å². The first kappa shape index (κ1) is 19.5. The Morgan fingerprint density at radius 3 is 2.80 bits per heavy atom. The standard InChI is InChI=1S/C26H21FN2O/c1-18-24(26(30)29-21-11-4-2-3-5-12-21)15-19-9-6-7-14-23(19)25(18)17-28-22-13-8-10-20(27)16-22/h2-11,13-17H,12H2,1H3,(H,29,30). The van der Waals surface area contributed by atoms with E-state index in [2.05, 4.69) is 10.3 Å².